The topological polar surface area (TPSA) is 29.5 Å². The van der Waals surface area contributed by atoms with Gasteiger partial charge in [-0.25, -0.2) is 0 Å². The SMILES string of the molecule is COCC(C)C1(CO)CCCC1. The molecule has 12 heavy (non-hydrogen) atoms. The lowest BCUT2D eigenvalue weighted by Gasteiger charge is -2.33. The first-order valence-corrected chi connectivity index (χ1v) is 4.85. The summed E-state index contributed by atoms with van der Waals surface area (Å²) < 4.78 is 5.13. The third-order valence-corrected chi connectivity index (χ3v) is 3.38. The highest BCUT2D eigenvalue weighted by Gasteiger charge is 2.38. The molecule has 2 heteroatoms. The zero-order chi connectivity index (χ0) is 9.03. The molecule has 0 aromatic rings. The van der Waals surface area contributed by atoms with E-state index < -0.39 is 0 Å². The van der Waals surface area contributed by atoms with Crippen molar-refractivity contribution in [1.82, 2.24) is 0 Å². The molecule has 1 unspecified atom stereocenters. The molecule has 0 amide bonds. The van der Waals surface area contributed by atoms with E-state index in [1.807, 2.05) is 0 Å². The van der Waals surface area contributed by atoms with Gasteiger partial charge in [-0.15, -0.1) is 0 Å². The van der Waals surface area contributed by atoms with Gasteiger partial charge in [0.05, 0.1) is 0 Å². The highest BCUT2D eigenvalue weighted by Crippen LogP contribution is 2.43. The molecule has 1 rings (SSSR count). The summed E-state index contributed by atoms with van der Waals surface area (Å²) in [5.74, 6) is 0.495. The molecule has 0 aliphatic heterocycles. The van der Waals surface area contributed by atoms with Crippen molar-refractivity contribution in [3.05, 3.63) is 0 Å². The van der Waals surface area contributed by atoms with Gasteiger partial charge in [-0.3, -0.25) is 0 Å². The van der Waals surface area contributed by atoms with Crippen LogP contribution in [0.5, 0.6) is 0 Å². The molecule has 2 nitrogen and oxygen atoms in total. The molecule has 0 spiro atoms. The van der Waals surface area contributed by atoms with Crippen molar-refractivity contribution >= 4 is 0 Å². The maximum Gasteiger partial charge on any atom is 0.0494 e. The predicted octanol–water partition coefficient (Wildman–Crippen LogP) is 1.82. The van der Waals surface area contributed by atoms with Gasteiger partial charge in [0.15, 0.2) is 0 Å². The van der Waals surface area contributed by atoms with Crippen LogP contribution in [0.4, 0.5) is 0 Å². The first kappa shape index (κ1) is 10.0. The first-order valence-electron chi connectivity index (χ1n) is 4.85. The Morgan fingerprint density at radius 3 is 2.42 bits per heavy atom. The first-order chi connectivity index (χ1) is 5.75. The van der Waals surface area contributed by atoms with Crippen LogP contribution in [0.25, 0.3) is 0 Å². The van der Waals surface area contributed by atoms with Crippen LogP contribution in [0.2, 0.25) is 0 Å². The number of hydrogen-bond donors (Lipinski definition) is 1. The number of aliphatic hydroxyl groups excluding tert-OH is 1. The Morgan fingerprint density at radius 2 is 2.00 bits per heavy atom. The van der Waals surface area contributed by atoms with Gasteiger partial charge in [-0.1, -0.05) is 19.8 Å². The van der Waals surface area contributed by atoms with Crippen molar-refractivity contribution in [3.8, 4) is 0 Å². The normalized spacial score (nSPS) is 24.2. The number of aliphatic hydroxyl groups is 1. The van der Waals surface area contributed by atoms with E-state index in [0.29, 0.717) is 12.5 Å². The summed E-state index contributed by atoms with van der Waals surface area (Å²) in [6, 6.07) is 0. The van der Waals surface area contributed by atoms with E-state index in [1.54, 1.807) is 7.11 Å². The molecule has 1 aliphatic carbocycles. The van der Waals surface area contributed by atoms with E-state index in [1.165, 1.54) is 25.7 Å². The summed E-state index contributed by atoms with van der Waals surface area (Å²) in [5, 5.41) is 9.36. The van der Waals surface area contributed by atoms with Gasteiger partial charge in [-0.2, -0.15) is 0 Å². The van der Waals surface area contributed by atoms with E-state index in [-0.39, 0.29) is 5.41 Å². The molecule has 72 valence electrons. The summed E-state index contributed by atoms with van der Waals surface area (Å²) in [6.07, 6.45) is 4.89. The van der Waals surface area contributed by atoms with Gasteiger partial charge < -0.3 is 9.84 Å². The Balaban J connectivity index is 2.52. The largest absolute Gasteiger partial charge is 0.396 e. The van der Waals surface area contributed by atoms with E-state index in [2.05, 4.69) is 6.92 Å². The van der Waals surface area contributed by atoms with Crippen LogP contribution in [0.15, 0.2) is 0 Å². The second kappa shape index (κ2) is 4.24. The maximum atomic E-state index is 9.36. The van der Waals surface area contributed by atoms with Crippen LogP contribution >= 0.6 is 0 Å². The van der Waals surface area contributed by atoms with Gasteiger partial charge in [-0.05, 0) is 24.2 Å². The van der Waals surface area contributed by atoms with Crippen molar-refractivity contribution in [2.75, 3.05) is 20.3 Å². The van der Waals surface area contributed by atoms with Crippen LogP contribution in [0.3, 0.4) is 0 Å². The molecule has 0 bridgehead atoms. The third kappa shape index (κ3) is 1.80. The average molecular weight is 172 g/mol. The molecule has 1 N–H and O–H groups in total. The lowest BCUT2D eigenvalue weighted by atomic mass is 9.76. The van der Waals surface area contributed by atoms with E-state index in [0.717, 1.165) is 6.61 Å². The summed E-state index contributed by atoms with van der Waals surface area (Å²) >= 11 is 0. The Hall–Kier alpha value is -0.0800. The number of hydrogen-bond acceptors (Lipinski definition) is 2. The molecule has 0 aromatic heterocycles. The summed E-state index contributed by atoms with van der Waals surface area (Å²) in [6.45, 7) is 3.29. The number of rotatable bonds is 4. The maximum absolute atomic E-state index is 9.36. The zero-order valence-electron chi connectivity index (χ0n) is 8.18. The second-order valence-electron chi connectivity index (χ2n) is 4.08. The number of ether oxygens (including phenoxy) is 1. The molecular weight excluding hydrogens is 152 g/mol. The quantitative estimate of drug-likeness (QED) is 0.701. The van der Waals surface area contributed by atoms with Crippen LogP contribution < -0.4 is 0 Å². The van der Waals surface area contributed by atoms with Gasteiger partial charge in [0.1, 0.15) is 0 Å². The summed E-state index contributed by atoms with van der Waals surface area (Å²) in [7, 11) is 1.73. The van der Waals surface area contributed by atoms with Crippen molar-refractivity contribution < 1.29 is 9.84 Å². The van der Waals surface area contributed by atoms with Crippen LogP contribution in [0, 0.1) is 11.3 Å². The summed E-state index contributed by atoms with van der Waals surface area (Å²) in [5.41, 5.74) is 0.177. The molecule has 0 saturated heterocycles. The average Bonchev–Trinajstić information content (AvgIpc) is 2.54. The van der Waals surface area contributed by atoms with Gasteiger partial charge in [0.2, 0.25) is 0 Å². The number of methoxy groups -OCH3 is 1. The Labute approximate surface area is 74.9 Å². The summed E-state index contributed by atoms with van der Waals surface area (Å²) in [4.78, 5) is 0. The Kier molecular flexibility index (Phi) is 3.53. The molecule has 1 saturated carbocycles. The van der Waals surface area contributed by atoms with Crippen molar-refractivity contribution in [1.29, 1.82) is 0 Å². The standard InChI is InChI=1S/C10H20O2/c1-9(7-12-2)10(8-11)5-3-4-6-10/h9,11H,3-8H2,1-2H3. The second-order valence-corrected chi connectivity index (χ2v) is 4.08. The minimum atomic E-state index is 0.177. The van der Waals surface area contributed by atoms with E-state index >= 15 is 0 Å². The zero-order valence-corrected chi connectivity index (χ0v) is 8.18. The van der Waals surface area contributed by atoms with Crippen LogP contribution in [-0.4, -0.2) is 25.4 Å². The lowest BCUT2D eigenvalue weighted by molar-refractivity contribution is 0.0265. The van der Waals surface area contributed by atoms with Crippen molar-refractivity contribution in [2.24, 2.45) is 11.3 Å². The van der Waals surface area contributed by atoms with Gasteiger partial charge in [0, 0.05) is 20.3 Å². The monoisotopic (exact) mass is 172 g/mol. The Bertz CT molecular complexity index is 128. The van der Waals surface area contributed by atoms with Crippen molar-refractivity contribution in [3.63, 3.8) is 0 Å². The molecule has 0 heterocycles. The molecule has 1 fully saturated rings. The molecule has 1 aliphatic rings. The highest BCUT2D eigenvalue weighted by molar-refractivity contribution is 4.88. The third-order valence-electron chi connectivity index (χ3n) is 3.38. The van der Waals surface area contributed by atoms with Gasteiger partial charge in [0.25, 0.3) is 0 Å². The van der Waals surface area contributed by atoms with Crippen molar-refractivity contribution in [2.45, 2.75) is 32.6 Å². The molecular formula is C10H20O2. The van der Waals surface area contributed by atoms with Gasteiger partial charge >= 0.3 is 0 Å². The van der Waals surface area contributed by atoms with E-state index in [9.17, 15) is 5.11 Å². The predicted molar refractivity (Wildman–Crippen MR) is 49.0 cm³/mol. The molecule has 0 aromatic carbocycles. The fraction of sp³-hybridized carbons (Fsp3) is 1.00. The smallest absolute Gasteiger partial charge is 0.0494 e. The molecule has 0 radical (unpaired) electrons. The lowest BCUT2D eigenvalue weighted by Crippen LogP contribution is -2.32. The fourth-order valence-electron chi connectivity index (χ4n) is 2.31. The fourth-order valence-corrected chi connectivity index (χ4v) is 2.31. The van der Waals surface area contributed by atoms with Crippen LogP contribution in [0.1, 0.15) is 32.6 Å². The minimum Gasteiger partial charge on any atom is -0.396 e. The molecule has 1 atom stereocenters. The van der Waals surface area contributed by atoms with Crippen LogP contribution in [-0.2, 0) is 4.74 Å². The highest BCUT2D eigenvalue weighted by atomic mass is 16.5. The minimum absolute atomic E-state index is 0.177. The Morgan fingerprint density at radius 1 is 1.42 bits per heavy atom. The van der Waals surface area contributed by atoms with E-state index in [4.69, 9.17) is 4.74 Å².